The first kappa shape index (κ1) is 20.5. The van der Waals surface area contributed by atoms with Gasteiger partial charge in [-0.15, -0.1) is 0 Å². The lowest BCUT2D eigenvalue weighted by atomic mass is 10.00. The maximum absolute atomic E-state index is 13.6. The van der Waals surface area contributed by atoms with Crippen LogP contribution in [-0.4, -0.2) is 11.5 Å². The van der Waals surface area contributed by atoms with Gasteiger partial charge in [0.1, 0.15) is 18.2 Å². The van der Waals surface area contributed by atoms with Gasteiger partial charge in [0.2, 0.25) is 0 Å². The summed E-state index contributed by atoms with van der Waals surface area (Å²) < 4.78 is 19.6. The highest BCUT2D eigenvalue weighted by molar-refractivity contribution is 6.33. The third kappa shape index (κ3) is 4.50. The summed E-state index contributed by atoms with van der Waals surface area (Å²) in [4.78, 5) is 3.48. The number of hydrogen-bond donors (Lipinski definition) is 2. The molecule has 0 aliphatic heterocycles. The highest BCUT2D eigenvalue weighted by Gasteiger charge is 2.16. The second-order valence-corrected chi connectivity index (χ2v) is 7.74. The van der Waals surface area contributed by atoms with Gasteiger partial charge in [-0.1, -0.05) is 41.9 Å². The van der Waals surface area contributed by atoms with E-state index >= 15 is 0 Å². The van der Waals surface area contributed by atoms with Gasteiger partial charge < -0.3 is 15.5 Å². The van der Waals surface area contributed by atoms with Crippen molar-refractivity contribution in [3.63, 3.8) is 0 Å². The first-order valence-electron chi connectivity index (χ1n) is 10.1. The van der Waals surface area contributed by atoms with Crippen LogP contribution in [0.5, 0.6) is 5.75 Å². The number of ether oxygens (including phenoxy) is 1. The zero-order chi connectivity index (χ0) is 20.9. The third-order valence-electron chi connectivity index (χ3n) is 5.21. The molecule has 0 aliphatic carbocycles. The highest BCUT2D eigenvalue weighted by atomic mass is 35.5. The van der Waals surface area contributed by atoms with Crippen molar-refractivity contribution < 1.29 is 9.13 Å². The zero-order valence-corrected chi connectivity index (χ0v) is 17.4. The van der Waals surface area contributed by atoms with E-state index in [0.29, 0.717) is 18.2 Å². The quantitative estimate of drug-likeness (QED) is 0.319. The minimum Gasteiger partial charge on any atom is -0.489 e. The molecular formula is C25H24ClFN2O. The molecule has 0 spiro atoms. The summed E-state index contributed by atoms with van der Waals surface area (Å²) in [5.41, 5.74) is 10.7. The lowest BCUT2D eigenvalue weighted by molar-refractivity contribution is 0.306. The Morgan fingerprint density at radius 1 is 0.967 bits per heavy atom. The summed E-state index contributed by atoms with van der Waals surface area (Å²) in [6, 6.07) is 20.6. The Labute approximate surface area is 180 Å². The van der Waals surface area contributed by atoms with Crippen LogP contribution in [0.1, 0.15) is 24.0 Å². The van der Waals surface area contributed by atoms with Gasteiger partial charge in [0.15, 0.2) is 0 Å². The Hall–Kier alpha value is -2.82. The van der Waals surface area contributed by atoms with Crippen LogP contribution in [0, 0.1) is 5.82 Å². The Kier molecular flexibility index (Phi) is 6.36. The molecular weight excluding hydrogens is 399 g/mol. The zero-order valence-electron chi connectivity index (χ0n) is 16.6. The van der Waals surface area contributed by atoms with Crippen LogP contribution in [0.4, 0.5) is 4.39 Å². The molecule has 1 aromatic heterocycles. The Balaban J connectivity index is 1.71. The molecule has 4 rings (SSSR count). The van der Waals surface area contributed by atoms with Crippen molar-refractivity contribution in [3.05, 3.63) is 88.7 Å². The number of nitrogens with one attached hydrogen (secondary N) is 1. The van der Waals surface area contributed by atoms with E-state index in [9.17, 15) is 4.39 Å². The van der Waals surface area contributed by atoms with E-state index in [-0.39, 0.29) is 5.82 Å². The molecule has 154 valence electrons. The topological polar surface area (TPSA) is 51.0 Å². The average molecular weight is 423 g/mol. The minimum absolute atomic E-state index is 0.346. The van der Waals surface area contributed by atoms with E-state index in [1.54, 1.807) is 6.07 Å². The Morgan fingerprint density at radius 3 is 2.57 bits per heavy atom. The number of unbranched alkanes of at least 4 members (excludes halogenated alkanes) is 1. The van der Waals surface area contributed by atoms with Crippen molar-refractivity contribution in [3.8, 4) is 17.0 Å². The maximum atomic E-state index is 13.6. The van der Waals surface area contributed by atoms with E-state index in [0.717, 1.165) is 58.3 Å². The van der Waals surface area contributed by atoms with Gasteiger partial charge in [0.25, 0.3) is 0 Å². The number of halogens is 2. The molecule has 0 fully saturated rings. The molecule has 3 N–H and O–H groups in total. The van der Waals surface area contributed by atoms with Crippen LogP contribution in [-0.2, 0) is 13.0 Å². The minimum atomic E-state index is -0.346. The molecule has 0 saturated carbocycles. The number of benzene rings is 3. The summed E-state index contributed by atoms with van der Waals surface area (Å²) in [5, 5.41) is 1.48. The number of rotatable bonds is 8. The van der Waals surface area contributed by atoms with Gasteiger partial charge in [-0.05, 0) is 73.3 Å². The molecule has 4 aromatic rings. The van der Waals surface area contributed by atoms with Gasteiger partial charge >= 0.3 is 0 Å². The molecule has 0 saturated heterocycles. The lowest BCUT2D eigenvalue weighted by Gasteiger charge is -2.09. The Morgan fingerprint density at radius 2 is 1.80 bits per heavy atom. The molecule has 0 radical (unpaired) electrons. The monoisotopic (exact) mass is 422 g/mol. The van der Waals surface area contributed by atoms with E-state index in [1.807, 2.05) is 42.5 Å². The van der Waals surface area contributed by atoms with Crippen LogP contribution in [0.15, 0.2) is 66.7 Å². The van der Waals surface area contributed by atoms with Crippen LogP contribution < -0.4 is 10.5 Å². The average Bonchev–Trinajstić information content (AvgIpc) is 3.11. The van der Waals surface area contributed by atoms with E-state index in [1.165, 1.54) is 12.1 Å². The van der Waals surface area contributed by atoms with Crippen LogP contribution in [0.2, 0.25) is 5.02 Å². The number of hydrogen-bond acceptors (Lipinski definition) is 2. The molecule has 0 atom stereocenters. The second-order valence-electron chi connectivity index (χ2n) is 7.33. The maximum Gasteiger partial charge on any atom is 0.124 e. The smallest absolute Gasteiger partial charge is 0.124 e. The van der Waals surface area contributed by atoms with Gasteiger partial charge in [0.05, 0.1) is 10.7 Å². The molecule has 5 heteroatoms. The highest BCUT2D eigenvalue weighted by Crippen LogP contribution is 2.37. The number of aromatic nitrogens is 1. The van der Waals surface area contributed by atoms with Gasteiger partial charge in [-0.2, -0.15) is 0 Å². The van der Waals surface area contributed by atoms with Crippen LogP contribution in [0.3, 0.4) is 0 Å². The fourth-order valence-corrected chi connectivity index (χ4v) is 3.95. The number of nitrogens with two attached hydrogens (primary N) is 1. The van der Waals surface area contributed by atoms with Crippen molar-refractivity contribution in [1.29, 1.82) is 0 Å². The standard InChI is InChI=1S/C25H24ClFN2O/c26-23-14-18(27)9-11-21(23)25-20(8-4-5-13-28)22-15-19(10-12-24(22)29-25)30-16-17-6-2-1-3-7-17/h1-3,6-7,9-12,14-15,29H,4-5,8,13,16,28H2. The van der Waals surface area contributed by atoms with E-state index < -0.39 is 0 Å². The number of fused-ring (bicyclic) bond motifs is 1. The third-order valence-corrected chi connectivity index (χ3v) is 5.52. The van der Waals surface area contributed by atoms with Crippen molar-refractivity contribution in [2.24, 2.45) is 5.73 Å². The molecule has 0 aliphatic rings. The van der Waals surface area contributed by atoms with Crippen molar-refractivity contribution >= 4 is 22.5 Å². The van der Waals surface area contributed by atoms with Crippen molar-refractivity contribution in [2.45, 2.75) is 25.9 Å². The van der Waals surface area contributed by atoms with Gasteiger partial charge in [-0.3, -0.25) is 0 Å². The largest absolute Gasteiger partial charge is 0.489 e. The number of H-pyrrole nitrogens is 1. The fraction of sp³-hybridized carbons (Fsp3) is 0.200. The summed E-state index contributed by atoms with van der Waals surface area (Å²) in [7, 11) is 0. The molecule has 1 heterocycles. The molecule has 0 unspecified atom stereocenters. The summed E-state index contributed by atoms with van der Waals surface area (Å²) in [6.07, 6.45) is 2.75. The molecule has 0 bridgehead atoms. The predicted octanol–water partition coefficient (Wildman–Crippen LogP) is 6.49. The van der Waals surface area contributed by atoms with Crippen molar-refractivity contribution in [2.75, 3.05) is 6.54 Å². The lowest BCUT2D eigenvalue weighted by Crippen LogP contribution is -1.99. The van der Waals surface area contributed by atoms with Crippen LogP contribution >= 0.6 is 11.6 Å². The summed E-state index contributed by atoms with van der Waals surface area (Å²) >= 11 is 6.37. The number of aromatic amines is 1. The molecule has 3 nitrogen and oxygen atoms in total. The fourth-order valence-electron chi connectivity index (χ4n) is 3.69. The van der Waals surface area contributed by atoms with Gasteiger partial charge in [0, 0.05) is 16.5 Å². The van der Waals surface area contributed by atoms with E-state index in [4.69, 9.17) is 22.1 Å². The molecule has 0 amide bonds. The Bertz CT molecular complexity index is 1140. The van der Waals surface area contributed by atoms with E-state index in [2.05, 4.69) is 11.1 Å². The molecule has 30 heavy (non-hydrogen) atoms. The normalized spacial score (nSPS) is 11.2. The number of aryl methyl sites for hydroxylation is 1. The first-order chi connectivity index (χ1) is 14.7. The van der Waals surface area contributed by atoms with Gasteiger partial charge in [-0.25, -0.2) is 4.39 Å². The first-order valence-corrected chi connectivity index (χ1v) is 10.5. The van der Waals surface area contributed by atoms with Crippen LogP contribution in [0.25, 0.3) is 22.2 Å². The SMILES string of the molecule is NCCCCc1c(-c2ccc(F)cc2Cl)[nH]c2ccc(OCc3ccccc3)cc12. The summed E-state index contributed by atoms with van der Waals surface area (Å²) in [6.45, 7) is 1.16. The van der Waals surface area contributed by atoms with Crippen molar-refractivity contribution in [1.82, 2.24) is 4.98 Å². The summed E-state index contributed by atoms with van der Waals surface area (Å²) in [5.74, 6) is 0.461. The predicted molar refractivity (Wildman–Crippen MR) is 121 cm³/mol. The second kappa shape index (κ2) is 9.33. The molecule has 3 aromatic carbocycles.